The van der Waals surface area contributed by atoms with Gasteiger partial charge in [-0.05, 0) is 79.6 Å². The Labute approximate surface area is 147 Å². The summed E-state index contributed by atoms with van der Waals surface area (Å²) < 4.78 is 8.98. The van der Waals surface area contributed by atoms with Crippen LogP contribution in [-0.2, 0) is 9.53 Å². The monoisotopic (exact) mass is 564 g/mol. The standard InChI is InChI=1S/C11H5Br5O2/c1-5(17)18-4-2-3-6-7(12)9(14)11(16)10(15)8(6)13/h4H2,1H3. The van der Waals surface area contributed by atoms with Gasteiger partial charge in [0.2, 0.25) is 0 Å². The average molecular weight is 569 g/mol. The van der Waals surface area contributed by atoms with Gasteiger partial charge in [0.05, 0.1) is 5.56 Å². The molecule has 1 aromatic rings. The van der Waals surface area contributed by atoms with E-state index in [0.717, 1.165) is 27.9 Å². The number of hydrogen-bond donors (Lipinski definition) is 0. The minimum atomic E-state index is -0.347. The first-order valence-electron chi connectivity index (χ1n) is 4.50. The number of carbonyl (C=O) groups excluding carboxylic acids is 1. The van der Waals surface area contributed by atoms with Crippen LogP contribution in [0.3, 0.4) is 0 Å². The van der Waals surface area contributed by atoms with E-state index in [1.165, 1.54) is 6.92 Å². The lowest BCUT2D eigenvalue weighted by atomic mass is 10.2. The van der Waals surface area contributed by atoms with E-state index < -0.39 is 0 Å². The van der Waals surface area contributed by atoms with Gasteiger partial charge < -0.3 is 4.74 Å². The molecule has 1 aromatic carbocycles. The number of halogens is 5. The number of esters is 1. The second kappa shape index (κ2) is 7.44. The Morgan fingerprint density at radius 1 is 1.00 bits per heavy atom. The van der Waals surface area contributed by atoms with Gasteiger partial charge in [0.1, 0.15) is 0 Å². The topological polar surface area (TPSA) is 26.3 Å². The van der Waals surface area contributed by atoms with Crippen molar-refractivity contribution in [1.29, 1.82) is 0 Å². The molecule has 0 aliphatic heterocycles. The molecule has 0 aliphatic carbocycles. The Bertz CT molecular complexity index is 528. The van der Waals surface area contributed by atoms with Gasteiger partial charge >= 0.3 is 5.97 Å². The highest BCUT2D eigenvalue weighted by Crippen LogP contribution is 2.44. The van der Waals surface area contributed by atoms with E-state index in [2.05, 4.69) is 91.5 Å². The molecular formula is C11H5Br5O2. The Hall–Kier alpha value is 0.650. The summed E-state index contributed by atoms with van der Waals surface area (Å²) in [6.45, 7) is 1.42. The summed E-state index contributed by atoms with van der Waals surface area (Å²) in [5, 5.41) is 0. The minimum absolute atomic E-state index is 0.0690. The van der Waals surface area contributed by atoms with Crippen molar-refractivity contribution in [3.63, 3.8) is 0 Å². The molecule has 0 bridgehead atoms. The summed E-state index contributed by atoms with van der Waals surface area (Å²) in [6.07, 6.45) is 0. The van der Waals surface area contributed by atoms with Crippen molar-refractivity contribution < 1.29 is 9.53 Å². The zero-order chi connectivity index (χ0) is 13.9. The zero-order valence-corrected chi connectivity index (χ0v) is 16.8. The lowest BCUT2D eigenvalue weighted by Gasteiger charge is -2.09. The third kappa shape index (κ3) is 4.07. The SMILES string of the molecule is CC(=O)OCC#Cc1c(Br)c(Br)c(Br)c(Br)c1Br. The molecule has 0 fully saturated rings. The van der Waals surface area contributed by atoms with Crippen molar-refractivity contribution in [3.8, 4) is 11.8 Å². The molecule has 96 valence electrons. The molecule has 0 aromatic heterocycles. The minimum Gasteiger partial charge on any atom is -0.453 e. The second-order valence-corrected chi connectivity index (χ2v) is 6.99. The summed E-state index contributed by atoms with van der Waals surface area (Å²) >= 11 is 17.3. The van der Waals surface area contributed by atoms with Crippen molar-refractivity contribution in [1.82, 2.24) is 0 Å². The normalized spacial score (nSPS) is 9.67. The maximum absolute atomic E-state index is 10.6. The van der Waals surface area contributed by atoms with Crippen molar-refractivity contribution in [2.45, 2.75) is 6.92 Å². The Balaban J connectivity index is 3.14. The molecule has 0 aliphatic rings. The number of hydrogen-bond acceptors (Lipinski definition) is 2. The second-order valence-electron chi connectivity index (χ2n) is 3.03. The summed E-state index contributed by atoms with van der Waals surface area (Å²) in [4.78, 5) is 10.6. The summed E-state index contributed by atoms with van der Waals surface area (Å²) in [5.41, 5.74) is 0.768. The number of carbonyl (C=O) groups is 1. The van der Waals surface area contributed by atoms with Crippen LogP contribution in [0, 0.1) is 11.8 Å². The molecule has 2 nitrogen and oxygen atoms in total. The van der Waals surface area contributed by atoms with Crippen LogP contribution < -0.4 is 0 Å². The number of benzene rings is 1. The number of ether oxygens (including phenoxy) is 1. The van der Waals surface area contributed by atoms with Crippen LogP contribution in [0.15, 0.2) is 22.4 Å². The van der Waals surface area contributed by atoms with Crippen molar-refractivity contribution >= 4 is 85.6 Å². The quantitative estimate of drug-likeness (QED) is 0.196. The third-order valence-electron chi connectivity index (χ3n) is 1.77. The molecule has 18 heavy (non-hydrogen) atoms. The van der Waals surface area contributed by atoms with Crippen LogP contribution in [0.4, 0.5) is 0 Å². The van der Waals surface area contributed by atoms with Gasteiger partial charge in [-0.15, -0.1) is 0 Å². The van der Waals surface area contributed by atoms with E-state index >= 15 is 0 Å². The Morgan fingerprint density at radius 2 is 1.44 bits per heavy atom. The van der Waals surface area contributed by atoms with Crippen molar-refractivity contribution in [2.75, 3.05) is 6.61 Å². The van der Waals surface area contributed by atoms with Crippen LogP contribution in [0.25, 0.3) is 0 Å². The molecule has 7 heteroatoms. The predicted octanol–water partition coefficient (Wildman–Crippen LogP) is 5.41. The van der Waals surface area contributed by atoms with Crippen molar-refractivity contribution in [3.05, 3.63) is 27.9 Å². The van der Waals surface area contributed by atoms with Crippen molar-refractivity contribution in [2.24, 2.45) is 0 Å². The molecular weight excluding hydrogens is 564 g/mol. The van der Waals surface area contributed by atoms with Gasteiger partial charge in [0, 0.05) is 29.3 Å². The molecule has 0 saturated carbocycles. The fraction of sp³-hybridized carbons (Fsp3) is 0.182. The van der Waals surface area contributed by atoms with Crippen LogP contribution in [0.1, 0.15) is 12.5 Å². The highest BCUT2D eigenvalue weighted by atomic mass is 79.9. The average Bonchev–Trinajstić information content (AvgIpc) is 2.32. The Morgan fingerprint density at radius 3 is 1.89 bits per heavy atom. The van der Waals surface area contributed by atoms with Crippen LogP contribution in [0.5, 0.6) is 0 Å². The first-order valence-corrected chi connectivity index (χ1v) is 8.46. The molecule has 0 atom stereocenters. The molecule has 0 spiro atoms. The van der Waals surface area contributed by atoms with Crippen LogP contribution in [0.2, 0.25) is 0 Å². The third-order valence-corrected chi connectivity index (χ3v) is 7.86. The highest BCUT2D eigenvalue weighted by Gasteiger charge is 2.16. The van der Waals surface area contributed by atoms with E-state index in [9.17, 15) is 4.79 Å². The Kier molecular flexibility index (Phi) is 6.90. The maximum Gasteiger partial charge on any atom is 0.303 e. The molecule has 0 heterocycles. The predicted molar refractivity (Wildman–Crippen MR) is 88.5 cm³/mol. The van der Waals surface area contributed by atoms with Gasteiger partial charge in [-0.3, -0.25) is 4.79 Å². The zero-order valence-electron chi connectivity index (χ0n) is 8.91. The molecule has 0 N–H and O–H groups in total. The maximum atomic E-state index is 10.6. The van der Waals surface area contributed by atoms with Crippen LogP contribution in [-0.4, -0.2) is 12.6 Å². The summed E-state index contributed by atoms with van der Waals surface area (Å²) in [6, 6.07) is 0. The molecule has 0 amide bonds. The van der Waals surface area contributed by atoms with E-state index in [4.69, 9.17) is 4.74 Å². The molecule has 0 saturated heterocycles. The molecule has 0 radical (unpaired) electrons. The fourth-order valence-electron chi connectivity index (χ4n) is 0.977. The van der Waals surface area contributed by atoms with Gasteiger partial charge in [0.25, 0.3) is 0 Å². The fourth-order valence-corrected chi connectivity index (χ4v) is 4.22. The van der Waals surface area contributed by atoms with Gasteiger partial charge in [-0.1, -0.05) is 11.8 Å². The lowest BCUT2D eigenvalue weighted by Crippen LogP contribution is -1.98. The van der Waals surface area contributed by atoms with E-state index in [-0.39, 0.29) is 12.6 Å². The molecule has 1 rings (SSSR count). The van der Waals surface area contributed by atoms with Gasteiger partial charge in [-0.25, -0.2) is 0 Å². The van der Waals surface area contributed by atoms with Crippen LogP contribution >= 0.6 is 79.6 Å². The first kappa shape index (κ1) is 16.7. The van der Waals surface area contributed by atoms with E-state index in [0.29, 0.717) is 0 Å². The van der Waals surface area contributed by atoms with E-state index in [1.807, 2.05) is 0 Å². The largest absolute Gasteiger partial charge is 0.453 e. The summed E-state index contributed by atoms with van der Waals surface area (Å²) in [7, 11) is 0. The van der Waals surface area contributed by atoms with Gasteiger partial charge in [-0.2, -0.15) is 0 Å². The smallest absolute Gasteiger partial charge is 0.303 e. The highest BCUT2D eigenvalue weighted by molar-refractivity contribution is 9.15. The number of rotatable bonds is 1. The first-order chi connectivity index (χ1) is 8.36. The van der Waals surface area contributed by atoms with E-state index in [1.54, 1.807) is 0 Å². The lowest BCUT2D eigenvalue weighted by molar-refractivity contribution is -0.139. The molecule has 0 unspecified atom stereocenters. The summed E-state index contributed by atoms with van der Waals surface area (Å²) in [5.74, 6) is 5.38. The van der Waals surface area contributed by atoms with Gasteiger partial charge in [0.15, 0.2) is 6.61 Å².